The highest BCUT2D eigenvalue weighted by Gasteiger charge is 2.00. The predicted molar refractivity (Wildman–Crippen MR) is 57.2 cm³/mol. The predicted octanol–water partition coefficient (Wildman–Crippen LogP) is 0.385. The quantitative estimate of drug-likeness (QED) is 0.560. The van der Waals surface area contributed by atoms with Gasteiger partial charge in [-0.05, 0) is 12.8 Å². The van der Waals surface area contributed by atoms with E-state index in [1.807, 2.05) is 6.92 Å². The average Bonchev–Trinajstić information content (AvgIpc) is 2.14. The van der Waals surface area contributed by atoms with Gasteiger partial charge in [-0.3, -0.25) is 4.79 Å². The second-order valence-electron chi connectivity index (χ2n) is 3.57. The number of carbonyl (C=O) groups is 1. The van der Waals surface area contributed by atoms with Gasteiger partial charge in [0.05, 0.1) is 13.2 Å². The Morgan fingerprint density at radius 1 is 1.43 bits per heavy atom. The first-order chi connectivity index (χ1) is 6.66. The average molecular weight is 202 g/mol. The maximum Gasteiger partial charge on any atom is 0.233 e. The van der Waals surface area contributed by atoms with Gasteiger partial charge in [0.1, 0.15) is 0 Å². The van der Waals surface area contributed by atoms with Gasteiger partial charge in [0, 0.05) is 19.7 Å². The number of carbonyl (C=O) groups excluding carboxylic acids is 1. The number of nitrogens with one attached hydrogen (secondary N) is 2. The smallest absolute Gasteiger partial charge is 0.233 e. The zero-order valence-corrected chi connectivity index (χ0v) is 9.43. The van der Waals surface area contributed by atoms with E-state index in [1.54, 1.807) is 0 Å². The van der Waals surface area contributed by atoms with Crippen LogP contribution in [0.2, 0.25) is 0 Å². The van der Waals surface area contributed by atoms with Gasteiger partial charge in [-0.25, -0.2) is 0 Å². The van der Waals surface area contributed by atoms with Crippen molar-refractivity contribution in [3.63, 3.8) is 0 Å². The molecule has 4 heteroatoms. The lowest BCUT2D eigenvalue weighted by molar-refractivity contribution is -0.120. The van der Waals surface area contributed by atoms with E-state index < -0.39 is 0 Å². The van der Waals surface area contributed by atoms with Gasteiger partial charge in [0.25, 0.3) is 0 Å². The largest absolute Gasteiger partial charge is 0.380 e. The molecular formula is C10H22N2O2. The first-order valence-electron chi connectivity index (χ1n) is 5.22. The van der Waals surface area contributed by atoms with Crippen molar-refractivity contribution >= 4 is 5.91 Å². The SMILES string of the molecule is CCOCCNCC(=O)NCC(C)C. The van der Waals surface area contributed by atoms with Crippen LogP contribution >= 0.6 is 0 Å². The number of ether oxygens (including phenoxy) is 1. The molecule has 0 rings (SSSR count). The molecule has 0 aromatic rings. The molecule has 4 nitrogen and oxygen atoms in total. The molecule has 1 amide bonds. The van der Waals surface area contributed by atoms with E-state index in [4.69, 9.17) is 4.74 Å². The standard InChI is InChI=1S/C10H22N2O2/c1-4-14-6-5-11-8-10(13)12-7-9(2)3/h9,11H,4-8H2,1-3H3,(H,12,13). The summed E-state index contributed by atoms with van der Waals surface area (Å²) in [6.07, 6.45) is 0. The third kappa shape index (κ3) is 9.48. The normalized spacial score (nSPS) is 10.6. The van der Waals surface area contributed by atoms with Crippen molar-refractivity contribution in [2.45, 2.75) is 20.8 Å². The summed E-state index contributed by atoms with van der Waals surface area (Å²) in [5.74, 6) is 0.553. The van der Waals surface area contributed by atoms with Crippen molar-refractivity contribution in [1.29, 1.82) is 0 Å². The molecule has 14 heavy (non-hydrogen) atoms. The molecule has 0 saturated heterocycles. The molecular weight excluding hydrogens is 180 g/mol. The van der Waals surface area contributed by atoms with E-state index in [9.17, 15) is 4.79 Å². The van der Waals surface area contributed by atoms with Crippen molar-refractivity contribution in [2.75, 3.05) is 32.8 Å². The molecule has 0 saturated carbocycles. The zero-order chi connectivity index (χ0) is 10.8. The van der Waals surface area contributed by atoms with E-state index in [1.165, 1.54) is 0 Å². The van der Waals surface area contributed by atoms with Crippen LogP contribution in [0.5, 0.6) is 0 Å². The summed E-state index contributed by atoms with van der Waals surface area (Å²) in [4.78, 5) is 11.2. The summed E-state index contributed by atoms with van der Waals surface area (Å²) in [6, 6.07) is 0. The summed E-state index contributed by atoms with van der Waals surface area (Å²) in [5.41, 5.74) is 0. The van der Waals surface area contributed by atoms with Crippen LogP contribution in [0.15, 0.2) is 0 Å². The van der Waals surface area contributed by atoms with E-state index in [2.05, 4.69) is 24.5 Å². The van der Waals surface area contributed by atoms with Gasteiger partial charge in [-0.2, -0.15) is 0 Å². The molecule has 0 radical (unpaired) electrons. The summed E-state index contributed by atoms with van der Waals surface area (Å²) in [5, 5.41) is 5.84. The lowest BCUT2D eigenvalue weighted by atomic mass is 10.2. The highest BCUT2D eigenvalue weighted by atomic mass is 16.5. The van der Waals surface area contributed by atoms with Gasteiger partial charge in [-0.1, -0.05) is 13.8 Å². The van der Waals surface area contributed by atoms with Crippen molar-refractivity contribution in [2.24, 2.45) is 5.92 Å². The number of hydrogen-bond acceptors (Lipinski definition) is 3. The number of hydrogen-bond donors (Lipinski definition) is 2. The lowest BCUT2D eigenvalue weighted by Crippen LogP contribution is -2.36. The first-order valence-corrected chi connectivity index (χ1v) is 5.22. The molecule has 0 aromatic heterocycles. The van der Waals surface area contributed by atoms with Crippen LogP contribution in [-0.4, -0.2) is 38.8 Å². The summed E-state index contributed by atoms with van der Waals surface area (Å²) >= 11 is 0. The van der Waals surface area contributed by atoms with Crippen molar-refractivity contribution in [1.82, 2.24) is 10.6 Å². The molecule has 84 valence electrons. The molecule has 0 aliphatic rings. The van der Waals surface area contributed by atoms with Crippen molar-refractivity contribution in [3.8, 4) is 0 Å². The number of rotatable bonds is 8. The van der Waals surface area contributed by atoms with Gasteiger partial charge < -0.3 is 15.4 Å². The van der Waals surface area contributed by atoms with Crippen LogP contribution in [0.1, 0.15) is 20.8 Å². The third-order valence-electron chi connectivity index (χ3n) is 1.62. The Bertz CT molecular complexity index is 149. The molecule has 0 aliphatic heterocycles. The fraction of sp³-hybridized carbons (Fsp3) is 0.900. The van der Waals surface area contributed by atoms with E-state index >= 15 is 0 Å². The minimum atomic E-state index is 0.0511. The Labute approximate surface area is 86.4 Å². The first kappa shape index (κ1) is 13.4. The Morgan fingerprint density at radius 2 is 2.14 bits per heavy atom. The van der Waals surface area contributed by atoms with Gasteiger partial charge in [-0.15, -0.1) is 0 Å². The van der Waals surface area contributed by atoms with Crippen molar-refractivity contribution < 1.29 is 9.53 Å². The Kier molecular flexibility index (Phi) is 8.57. The zero-order valence-electron chi connectivity index (χ0n) is 9.43. The highest BCUT2D eigenvalue weighted by molar-refractivity contribution is 5.77. The van der Waals surface area contributed by atoms with Crippen molar-refractivity contribution in [3.05, 3.63) is 0 Å². The molecule has 0 fully saturated rings. The summed E-state index contributed by atoms with van der Waals surface area (Å²) in [7, 11) is 0. The molecule has 0 bridgehead atoms. The second-order valence-corrected chi connectivity index (χ2v) is 3.57. The van der Waals surface area contributed by atoms with Crippen LogP contribution in [0.25, 0.3) is 0 Å². The van der Waals surface area contributed by atoms with Crippen LogP contribution in [0.4, 0.5) is 0 Å². The Balaban J connectivity index is 3.18. The topological polar surface area (TPSA) is 50.4 Å². The minimum absolute atomic E-state index is 0.0511. The minimum Gasteiger partial charge on any atom is -0.380 e. The maximum atomic E-state index is 11.2. The van der Waals surface area contributed by atoms with Crippen LogP contribution in [-0.2, 0) is 9.53 Å². The van der Waals surface area contributed by atoms with E-state index in [0.717, 1.165) is 19.7 Å². The molecule has 0 spiro atoms. The van der Waals surface area contributed by atoms with Gasteiger partial charge in [0.2, 0.25) is 5.91 Å². The fourth-order valence-electron chi connectivity index (χ4n) is 0.871. The van der Waals surface area contributed by atoms with Crippen LogP contribution < -0.4 is 10.6 Å². The van der Waals surface area contributed by atoms with Crippen LogP contribution in [0, 0.1) is 5.92 Å². The fourth-order valence-corrected chi connectivity index (χ4v) is 0.871. The van der Waals surface area contributed by atoms with Gasteiger partial charge in [0.15, 0.2) is 0 Å². The Morgan fingerprint density at radius 3 is 2.71 bits per heavy atom. The molecule has 0 atom stereocenters. The molecule has 0 aliphatic carbocycles. The highest BCUT2D eigenvalue weighted by Crippen LogP contribution is 1.85. The molecule has 0 aromatic carbocycles. The van der Waals surface area contributed by atoms with Crippen LogP contribution in [0.3, 0.4) is 0 Å². The summed E-state index contributed by atoms with van der Waals surface area (Å²) in [6.45, 7) is 9.32. The molecule has 0 heterocycles. The van der Waals surface area contributed by atoms with Gasteiger partial charge >= 0.3 is 0 Å². The molecule has 2 N–H and O–H groups in total. The monoisotopic (exact) mass is 202 g/mol. The van der Waals surface area contributed by atoms with E-state index in [0.29, 0.717) is 19.1 Å². The lowest BCUT2D eigenvalue weighted by Gasteiger charge is -2.08. The second kappa shape index (κ2) is 8.97. The van der Waals surface area contributed by atoms with E-state index in [-0.39, 0.29) is 5.91 Å². The maximum absolute atomic E-state index is 11.2. The Hall–Kier alpha value is -0.610. The number of amides is 1. The molecule has 0 unspecified atom stereocenters. The summed E-state index contributed by atoms with van der Waals surface area (Å²) < 4.78 is 5.12. The third-order valence-corrected chi connectivity index (χ3v) is 1.62.